The van der Waals surface area contributed by atoms with Crippen molar-refractivity contribution in [2.45, 2.75) is 20.0 Å². The molecule has 0 aliphatic heterocycles. The van der Waals surface area contributed by atoms with Crippen LogP contribution in [0.4, 0.5) is 4.39 Å². The number of hydrogen-bond acceptors (Lipinski definition) is 5. The third-order valence-corrected chi connectivity index (χ3v) is 3.92. The molecule has 0 amide bonds. The van der Waals surface area contributed by atoms with Gasteiger partial charge in [0.2, 0.25) is 0 Å². The topological polar surface area (TPSA) is 97.5 Å². The van der Waals surface area contributed by atoms with E-state index in [1.807, 2.05) is 0 Å². The van der Waals surface area contributed by atoms with Crippen molar-refractivity contribution in [2.75, 3.05) is 0 Å². The highest BCUT2D eigenvalue weighted by molar-refractivity contribution is 6.36. The molecule has 1 aromatic rings. The molecule has 1 unspecified atom stereocenters. The number of nitrogens with zero attached hydrogens (tertiary/aromatic N) is 1. The zero-order valence-corrected chi connectivity index (χ0v) is 15.3. The molecule has 0 bridgehead atoms. The van der Waals surface area contributed by atoms with Crippen LogP contribution in [-0.2, 0) is 4.74 Å². The summed E-state index contributed by atoms with van der Waals surface area (Å²) in [6.07, 6.45) is 6.16. The van der Waals surface area contributed by atoms with Crippen molar-refractivity contribution in [1.29, 1.82) is 5.41 Å². The summed E-state index contributed by atoms with van der Waals surface area (Å²) in [5.41, 5.74) is 12.6. The maximum absolute atomic E-state index is 13.6. The van der Waals surface area contributed by atoms with Crippen molar-refractivity contribution < 1.29 is 9.13 Å². The standard InChI is InChI=1S/C17H19Cl2FN4O/c1-3-11(12(6-21)7-22)8-24-15(23)9-25-10(2)16-13(18)4-5-14(20)17(16)19/h3-10,21H,22-23H2,1-2H3/b11-3+,12-7+,15-9+,21-6?,24-8-. The van der Waals surface area contributed by atoms with Gasteiger partial charge in [-0.1, -0.05) is 29.3 Å². The second-order valence-electron chi connectivity index (χ2n) is 4.85. The van der Waals surface area contributed by atoms with Gasteiger partial charge < -0.3 is 21.6 Å². The Labute approximate surface area is 156 Å². The smallest absolute Gasteiger partial charge is 0.158 e. The SMILES string of the molecule is C/C=C(\C=N/C(N)=C/OC(C)c1c(Cl)ccc(F)c1Cl)C(/C=N)=C/N. The van der Waals surface area contributed by atoms with Crippen molar-refractivity contribution in [2.24, 2.45) is 16.5 Å². The van der Waals surface area contributed by atoms with Crippen LogP contribution in [0.5, 0.6) is 0 Å². The molecule has 0 heterocycles. The van der Waals surface area contributed by atoms with E-state index in [9.17, 15) is 4.39 Å². The van der Waals surface area contributed by atoms with Crippen molar-refractivity contribution in [3.63, 3.8) is 0 Å². The monoisotopic (exact) mass is 384 g/mol. The molecule has 0 spiro atoms. The van der Waals surface area contributed by atoms with E-state index in [-0.39, 0.29) is 15.9 Å². The fourth-order valence-corrected chi connectivity index (χ4v) is 2.55. The third kappa shape index (κ3) is 5.62. The van der Waals surface area contributed by atoms with Crippen molar-refractivity contribution in [3.05, 3.63) is 69.1 Å². The Morgan fingerprint density at radius 3 is 2.60 bits per heavy atom. The van der Waals surface area contributed by atoms with E-state index < -0.39 is 11.9 Å². The lowest BCUT2D eigenvalue weighted by Crippen LogP contribution is -2.03. The minimum absolute atomic E-state index is 0.0659. The first-order chi connectivity index (χ1) is 11.8. The van der Waals surface area contributed by atoms with E-state index in [0.29, 0.717) is 16.7 Å². The van der Waals surface area contributed by atoms with Gasteiger partial charge in [-0.3, -0.25) is 0 Å². The van der Waals surface area contributed by atoms with Gasteiger partial charge in [0.05, 0.1) is 5.02 Å². The molecule has 0 radical (unpaired) electrons. The second-order valence-corrected chi connectivity index (χ2v) is 5.63. The molecule has 0 aromatic heterocycles. The van der Waals surface area contributed by atoms with Crippen LogP contribution in [0.15, 0.2) is 52.6 Å². The molecule has 0 fully saturated rings. The lowest BCUT2D eigenvalue weighted by atomic mass is 10.1. The minimum Gasteiger partial charge on any atom is -0.490 e. The van der Waals surface area contributed by atoms with E-state index >= 15 is 0 Å². The molecule has 1 rings (SSSR count). The molecule has 134 valence electrons. The number of allylic oxidation sites excluding steroid dienone is 3. The Morgan fingerprint density at radius 1 is 1.36 bits per heavy atom. The maximum atomic E-state index is 13.6. The number of aliphatic imine (C=N–C) groups is 1. The predicted octanol–water partition coefficient (Wildman–Crippen LogP) is 4.48. The molecule has 0 saturated carbocycles. The average Bonchev–Trinajstić information content (AvgIpc) is 2.60. The van der Waals surface area contributed by atoms with Gasteiger partial charge in [-0.05, 0) is 31.6 Å². The molecule has 0 aliphatic rings. The van der Waals surface area contributed by atoms with E-state index in [0.717, 1.165) is 6.21 Å². The van der Waals surface area contributed by atoms with E-state index in [1.165, 1.54) is 30.8 Å². The average molecular weight is 385 g/mol. The summed E-state index contributed by atoms with van der Waals surface area (Å²) in [4.78, 5) is 4.02. The number of nitrogens with two attached hydrogens (primary N) is 2. The zero-order valence-electron chi connectivity index (χ0n) is 13.8. The molecule has 0 saturated heterocycles. The van der Waals surface area contributed by atoms with Gasteiger partial charge in [0.1, 0.15) is 18.2 Å². The van der Waals surface area contributed by atoms with Crippen molar-refractivity contribution >= 4 is 35.6 Å². The van der Waals surface area contributed by atoms with Gasteiger partial charge in [-0.2, -0.15) is 0 Å². The van der Waals surface area contributed by atoms with Crippen LogP contribution in [0.3, 0.4) is 0 Å². The summed E-state index contributed by atoms with van der Waals surface area (Å²) in [5, 5.41) is 7.45. The van der Waals surface area contributed by atoms with Crippen LogP contribution in [-0.4, -0.2) is 12.4 Å². The van der Waals surface area contributed by atoms with Crippen LogP contribution in [0, 0.1) is 11.2 Å². The number of halogens is 3. The lowest BCUT2D eigenvalue weighted by Gasteiger charge is -2.15. The fraction of sp³-hybridized carbons (Fsp3) is 0.176. The molecule has 5 N–H and O–H groups in total. The van der Waals surface area contributed by atoms with Crippen LogP contribution in [0.2, 0.25) is 10.0 Å². The number of benzene rings is 1. The highest BCUT2D eigenvalue weighted by Crippen LogP contribution is 2.34. The molecular formula is C17H19Cl2FN4O. The number of ether oxygens (including phenoxy) is 1. The maximum Gasteiger partial charge on any atom is 0.158 e. The minimum atomic E-state index is -0.633. The van der Waals surface area contributed by atoms with E-state index in [1.54, 1.807) is 19.9 Å². The molecule has 8 heteroatoms. The van der Waals surface area contributed by atoms with Crippen molar-refractivity contribution in [3.8, 4) is 0 Å². The largest absolute Gasteiger partial charge is 0.490 e. The Morgan fingerprint density at radius 2 is 2.04 bits per heavy atom. The summed E-state index contributed by atoms with van der Waals surface area (Å²) in [6, 6.07) is 2.58. The molecular weight excluding hydrogens is 366 g/mol. The summed E-state index contributed by atoms with van der Waals surface area (Å²) in [6.45, 7) is 3.43. The Balaban J connectivity index is 2.90. The summed E-state index contributed by atoms with van der Waals surface area (Å²) < 4.78 is 19.0. The summed E-state index contributed by atoms with van der Waals surface area (Å²) in [7, 11) is 0. The first-order valence-electron chi connectivity index (χ1n) is 7.23. The van der Waals surface area contributed by atoms with Gasteiger partial charge in [0.15, 0.2) is 5.82 Å². The Kier molecular flexibility index (Phi) is 8.18. The van der Waals surface area contributed by atoms with Gasteiger partial charge in [-0.15, -0.1) is 0 Å². The Hall–Kier alpha value is -2.31. The summed E-state index contributed by atoms with van der Waals surface area (Å²) >= 11 is 12.0. The normalized spacial score (nSPS) is 14.7. The third-order valence-electron chi connectivity index (χ3n) is 3.21. The highest BCUT2D eigenvalue weighted by atomic mass is 35.5. The Bertz CT molecular complexity index is 757. The molecule has 0 aliphatic carbocycles. The van der Waals surface area contributed by atoms with Crippen LogP contribution >= 0.6 is 23.2 Å². The highest BCUT2D eigenvalue weighted by Gasteiger charge is 2.17. The molecule has 1 aromatic carbocycles. The molecule has 1 atom stereocenters. The van der Waals surface area contributed by atoms with Crippen molar-refractivity contribution in [1.82, 2.24) is 0 Å². The van der Waals surface area contributed by atoms with Crippen LogP contribution in [0.25, 0.3) is 0 Å². The molecule has 5 nitrogen and oxygen atoms in total. The molecule has 25 heavy (non-hydrogen) atoms. The summed E-state index contributed by atoms with van der Waals surface area (Å²) in [5.74, 6) is -0.520. The van der Waals surface area contributed by atoms with Crippen LogP contribution < -0.4 is 11.5 Å². The zero-order chi connectivity index (χ0) is 19.0. The van der Waals surface area contributed by atoms with Gasteiger partial charge in [0.25, 0.3) is 0 Å². The first kappa shape index (κ1) is 20.7. The van der Waals surface area contributed by atoms with Gasteiger partial charge in [0, 0.05) is 34.8 Å². The quantitative estimate of drug-likeness (QED) is 0.279. The first-order valence-corrected chi connectivity index (χ1v) is 7.98. The fourth-order valence-electron chi connectivity index (χ4n) is 1.87. The predicted molar refractivity (Wildman–Crippen MR) is 101 cm³/mol. The van der Waals surface area contributed by atoms with E-state index in [2.05, 4.69) is 4.99 Å². The van der Waals surface area contributed by atoms with Gasteiger partial charge in [-0.25, -0.2) is 9.38 Å². The van der Waals surface area contributed by atoms with Crippen LogP contribution in [0.1, 0.15) is 25.5 Å². The lowest BCUT2D eigenvalue weighted by molar-refractivity contribution is 0.161. The second kappa shape index (κ2) is 9.86. The van der Waals surface area contributed by atoms with Gasteiger partial charge >= 0.3 is 0 Å². The van der Waals surface area contributed by atoms with E-state index in [4.69, 9.17) is 44.8 Å². The number of rotatable bonds is 7. The number of hydrogen-bond donors (Lipinski definition) is 3. The number of nitrogens with one attached hydrogen (secondary N) is 1.